The lowest BCUT2D eigenvalue weighted by atomic mass is 10.1. The van der Waals surface area contributed by atoms with E-state index in [1.165, 1.54) is 0 Å². The zero-order valence-corrected chi connectivity index (χ0v) is 12.1. The van der Waals surface area contributed by atoms with E-state index in [-0.39, 0.29) is 10.7 Å². The van der Waals surface area contributed by atoms with Crippen LogP contribution in [-0.4, -0.2) is 53.3 Å². The van der Waals surface area contributed by atoms with Gasteiger partial charge in [-0.2, -0.15) is 5.26 Å². The van der Waals surface area contributed by atoms with Crippen LogP contribution in [0.3, 0.4) is 0 Å². The Balaban J connectivity index is 2.36. The molecule has 0 radical (unpaired) electrons. The maximum absolute atomic E-state index is 12.1. The molecule has 1 heterocycles. The largest absolute Gasteiger partial charge is 0.339 e. The predicted molar refractivity (Wildman–Crippen MR) is 70.8 cm³/mol. The van der Waals surface area contributed by atoms with Crippen molar-refractivity contribution in [1.82, 2.24) is 9.80 Å². The van der Waals surface area contributed by atoms with E-state index in [0.29, 0.717) is 12.3 Å². The minimum atomic E-state index is -0.0758. The number of carbonyl (C=O) groups is 1. The second kappa shape index (κ2) is 6.97. The van der Waals surface area contributed by atoms with Crippen molar-refractivity contribution in [2.45, 2.75) is 25.1 Å². The Morgan fingerprint density at radius 3 is 2.41 bits per heavy atom. The van der Waals surface area contributed by atoms with Crippen LogP contribution >= 0.6 is 15.9 Å². The molecule has 0 aromatic heterocycles. The molecule has 0 aromatic rings. The third kappa shape index (κ3) is 4.29. The first-order chi connectivity index (χ1) is 8.06. The number of alkyl halides is 1. The van der Waals surface area contributed by atoms with Crippen molar-refractivity contribution in [2.24, 2.45) is 5.92 Å². The summed E-state index contributed by atoms with van der Waals surface area (Å²) in [5.74, 6) is 0.513. The summed E-state index contributed by atoms with van der Waals surface area (Å²) in [6.45, 7) is 8.22. The number of halogens is 1. The van der Waals surface area contributed by atoms with Crippen molar-refractivity contribution in [2.75, 3.05) is 32.7 Å². The average molecular weight is 302 g/mol. The molecule has 17 heavy (non-hydrogen) atoms. The lowest BCUT2D eigenvalue weighted by Gasteiger charge is -2.35. The van der Waals surface area contributed by atoms with Gasteiger partial charge in [0.1, 0.15) is 0 Å². The minimum Gasteiger partial charge on any atom is -0.339 e. The Labute approximate surface area is 112 Å². The van der Waals surface area contributed by atoms with Gasteiger partial charge < -0.3 is 4.90 Å². The second-order valence-corrected chi connectivity index (χ2v) is 5.71. The normalized spacial score (nSPS) is 19.1. The molecular weight excluding hydrogens is 282 g/mol. The van der Waals surface area contributed by atoms with Crippen LogP contribution in [0.4, 0.5) is 0 Å². The highest BCUT2D eigenvalue weighted by atomic mass is 79.9. The number of hydrogen-bond donors (Lipinski definition) is 0. The SMILES string of the molecule is CC(C)C(Br)C(=O)N1CCN(CCC#N)CC1. The Morgan fingerprint density at radius 1 is 1.35 bits per heavy atom. The fourth-order valence-corrected chi connectivity index (χ4v) is 2.15. The van der Waals surface area contributed by atoms with Gasteiger partial charge in [-0.25, -0.2) is 0 Å². The van der Waals surface area contributed by atoms with E-state index in [1.807, 2.05) is 18.7 Å². The number of carbonyl (C=O) groups excluding carboxylic acids is 1. The van der Waals surface area contributed by atoms with E-state index in [4.69, 9.17) is 5.26 Å². The number of amides is 1. The van der Waals surface area contributed by atoms with E-state index in [1.54, 1.807) is 0 Å². The molecule has 1 atom stereocenters. The third-order valence-corrected chi connectivity index (χ3v) is 4.49. The van der Waals surface area contributed by atoms with Crippen molar-refractivity contribution in [1.29, 1.82) is 5.26 Å². The summed E-state index contributed by atoms with van der Waals surface area (Å²) in [5, 5.41) is 8.52. The summed E-state index contributed by atoms with van der Waals surface area (Å²) in [6, 6.07) is 2.15. The Morgan fingerprint density at radius 2 is 1.94 bits per heavy atom. The number of piperazine rings is 1. The van der Waals surface area contributed by atoms with Gasteiger partial charge in [0, 0.05) is 39.1 Å². The Bertz CT molecular complexity index is 293. The molecule has 0 aliphatic carbocycles. The maximum atomic E-state index is 12.1. The fraction of sp³-hybridized carbons (Fsp3) is 0.833. The summed E-state index contributed by atoms with van der Waals surface area (Å²) in [6.07, 6.45) is 0.570. The summed E-state index contributed by atoms with van der Waals surface area (Å²) in [5.41, 5.74) is 0. The van der Waals surface area contributed by atoms with Crippen molar-refractivity contribution in [3.63, 3.8) is 0 Å². The third-order valence-electron chi connectivity index (χ3n) is 3.05. The zero-order chi connectivity index (χ0) is 12.8. The molecule has 1 rings (SSSR count). The molecule has 96 valence electrons. The van der Waals surface area contributed by atoms with Crippen LogP contribution in [0.2, 0.25) is 0 Å². The molecule has 1 aliphatic heterocycles. The van der Waals surface area contributed by atoms with Gasteiger partial charge in [0.25, 0.3) is 0 Å². The standard InChI is InChI=1S/C12H20BrN3O/c1-10(2)11(13)12(17)16-8-6-15(7-9-16)5-3-4-14/h10-11H,3,5-9H2,1-2H3. The molecule has 1 fully saturated rings. The molecule has 1 unspecified atom stereocenters. The van der Waals surface area contributed by atoms with Crippen molar-refractivity contribution < 1.29 is 4.79 Å². The van der Waals surface area contributed by atoms with Crippen molar-refractivity contribution in [3.8, 4) is 6.07 Å². The molecule has 0 spiro atoms. The monoisotopic (exact) mass is 301 g/mol. The van der Waals surface area contributed by atoms with Crippen LogP contribution < -0.4 is 0 Å². The second-order valence-electron chi connectivity index (χ2n) is 4.72. The lowest BCUT2D eigenvalue weighted by Crippen LogP contribution is -2.51. The van der Waals surface area contributed by atoms with Crippen molar-refractivity contribution in [3.05, 3.63) is 0 Å². The van der Waals surface area contributed by atoms with Gasteiger partial charge in [0.15, 0.2) is 0 Å². The minimum absolute atomic E-state index is 0.0758. The number of hydrogen-bond acceptors (Lipinski definition) is 3. The van der Waals surface area contributed by atoms with E-state index >= 15 is 0 Å². The van der Waals surface area contributed by atoms with Crippen LogP contribution in [0.25, 0.3) is 0 Å². The summed E-state index contributed by atoms with van der Waals surface area (Å²) < 4.78 is 0. The Kier molecular flexibility index (Phi) is 5.93. The highest BCUT2D eigenvalue weighted by molar-refractivity contribution is 9.10. The van der Waals surface area contributed by atoms with Gasteiger partial charge in [-0.3, -0.25) is 9.69 Å². The number of rotatable bonds is 4. The summed E-state index contributed by atoms with van der Waals surface area (Å²) in [4.78, 5) is 16.2. The van der Waals surface area contributed by atoms with E-state index in [0.717, 1.165) is 32.7 Å². The zero-order valence-electron chi connectivity index (χ0n) is 10.5. The van der Waals surface area contributed by atoms with E-state index in [2.05, 4.69) is 26.9 Å². The highest BCUT2D eigenvalue weighted by Gasteiger charge is 2.27. The smallest absolute Gasteiger partial charge is 0.236 e. The van der Waals surface area contributed by atoms with Crippen LogP contribution in [0.1, 0.15) is 20.3 Å². The summed E-state index contributed by atoms with van der Waals surface area (Å²) in [7, 11) is 0. The van der Waals surface area contributed by atoms with Gasteiger partial charge in [0.05, 0.1) is 10.9 Å². The molecule has 1 saturated heterocycles. The molecule has 0 N–H and O–H groups in total. The van der Waals surface area contributed by atoms with E-state index in [9.17, 15) is 4.79 Å². The van der Waals surface area contributed by atoms with Crippen LogP contribution in [0.15, 0.2) is 0 Å². The van der Waals surface area contributed by atoms with E-state index < -0.39 is 0 Å². The predicted octanol–water partition coefficient (Wildman–Crippen LogP) is 1.46. The Hall–Kier alpha value is -0.600. The highest BCUT2D eigenvalue weighted by Crippen LogP contribution is 2.16. The van der Waals surface area contributed by atoms with Gasteiger partial charge in [-0.05, 0) is 5.92 Å². The maximum Gasteiger partial charge on any atom is 0.236 e. The quantitative estimate of drug-likeness (QED) is 0.739. The average Bonchev–Trinajstić information content (AvgIpc) is 2.35. The van der Waals surface area contributed by atoms with Crippen molar-refractivity contribution >= 4 is 21.8 Å². The van der Waals surface area contributed by atoms with Gasteiger partial charge >= 0.3 is 0 Å². The van der Waals surface area contributed by atoms with Gasteiger partial charge in [-0.15, -0.1) is 0 Å². The molecule has 1 amide bonds. The number of nitriles is 1. The molecule has 0 aromatic carbocycles. The summed E-state index contributed by atoms with van der Waals surface area (Å²) >= 11 is 3.45. The van der Waals surface area contributed by atoms with Crippen LogP contribution in [0.5, 0.6) is 0 Å². The molecule has 5 heteroatoms. The first kappa shape index (κ1) is 14.5. The first-order valence-electron chi connectivity index (χ1n) is 6.08. The lowest BCUT2D eigenvalue weighted by molar-refractivity contribution is -0.132. The van der Waals surface area contributed by atoms with Gasteiger partial charge in [0.2, 0.25) is 5.91 Å². The topological polar surface area (TPSA) is 47.3 Å². The molecule has 0 saturated carbocycles. The van der Waals surface area contributed by atoms with Crippen LogP contribution in [0, 0.1) is 17.2 Å². The molecule has 1 aliphatic rings. The molecular formula is C12H20BrN3O. The number of nitrogens with zero attached hydrogens (tertiary/aromatic N) is 3. The molecule has 0 bridgehead atoms. The fourth-order valence-electron chi connectivity index (χ4n) is 1.86. The van der Waals surface area contributed by atoms with Gasteiger partial charge in [-0.1, -0.05) is 29.8 Å². The molecule has 4 nitrogen and oxygen atoms in total. The van der Waals surface area contributed by atoms with Crippen LogP contribution in [-0.2, 0) is 4.79 Å². The first-order valence-corrected chi connectivity index (χ1v) is 7.00.